The lowest BCUT2D eigenvalue weighted by Gasteiger charge is -2.33. The van der Waals surface area contributed by atoms with Gasteiger partial charge in [-0.1, -0.05) is 0 Å². The van der Waals surface area contributed by atoms with Crippen molar-refractivity contribution in [1.29, 1.82) is 0 Å². The Bertz CT molecular complexity index is 911. The van der Waals surface area contributed by atoms with Gasteiger partial charge in [0.2, 0.25) is 10.0 Å². The third kappa shape index (κ3) is 4.31. The van der Waals surface area contributed by atoms with Crippen LogP contribution in [0, 0.1) is 0 Å². The number of hydrogen-bond acceptors (Lipinski definition) is 6. The average Bonchev–Trinajstić information content (AvgIpc) is 3.24. The van der Waals surface area contributed by atoms with Crippen LogP contribution in [0.4, 0.5) is 5.82 Å². The fraction of sp³-hybridized carbons (Fsp3) is 0.600. The number of pyridine rings is 1. The van der Waals surface area contributed by atoms with E-state index in [1.54, 1.807) is 10.4 Å². The molecule has 4 rings (SSSR count). The van der Waals surface area contributed by atoms with Crippen molar-refractivity contribution in [1.82, 2.24) is 24.0 Å². The van der Waals surface area contributed by atoms with Gasteiger partial charge in [-0.15, -0.1) is 0 Å². The van der Waals surface area contributed by atoms with Gasteiger partial charge in [0.25, 0.3) is 0 Å². The molecule has 0 spiro atoms. The van der Waals surface area contributed by atoms with Gasteiger partial charge in [0.15, 0.2) is 0 Å². The monoisotopic (exact) mass is 418 g/mol. The lowest BCUT2D eigenvalue weighted by atomic mass is 9.91. The number of likely N-dealkylation sites (N-methyl/N-ethyl adjacent to an activating group) is 1. The van der Waals surface area contributed by atoms with Gasteiger partial charge in [-0.3, -0.25) is 4.68 Å². The predicted octanol–water partition coefficient (Wildman–Crippen LogP) is 1.62. The minimum absolute atomic E-state index is 0.285. The minimum Gasteiger partial charge on any atom is -0.357 e. The number of piperazine rings is 1. The van der Waals surface area contributed by atoms with E-state index in [1.165, 1.54) is 11.8 Å². The molecule has 2 aromatic rings. The largest absolute Gasteiger partial charge is 0.357 e. The Morgan fingerprint density at radius 1 is 1.03 bits per heavy atom. The van der Waals surface area contributed by atoms with E-state index >= 15 is 0 Å². The fourth-order valence-corrected chi connectivity index (χ4v) is 5.46. The van der Waals surface area contributed by atoms with Crippen LogP contribution in [0.2, 0.25) is 0 Å². The summed E-state index contributed by atoms with van der Waals surface area (Å²) in [4.78, 5) is 9.16. The van der Waals surface area contributed by atoms with Gasteiger partial charge in [0.05, 0.1) is 6.20 Å². The second-order valence-corrected chi connectivity index (χ2v) is 9.89. The SMILES string of the molecule is CCn1cc(C2CCN(c3ccc(S(=O)(=O)N4CCN(C)CC4)cn3)CC2)cn1. The smallest absolute Gasteiger partial charge is 0.244 e. The van der Waals surface area contributed by atoms with E-state index in [-0.39, 0.29) is 4.90 Å². The fourth-order valence-electron chi connectivity index (χ4n) is 4.09. The van der Waals surface area contributed by atoms with Crippen molar-refractivity contribution in [2.75, 3.05) is 51.2 Å². The lowest BCUT2D eigenvalue weighted by molar-refractivity contribution is 0.222. The first-order valence-corrected chi connectivity index (χ1v) is 11.8. The molecular weight excluding hydrogens is 388 g/mol. The number of piperidine rings is 1. The summed E-state index contributed by atoms with van der Waals surface area (Å²) in [6.07, 6.45) is 7.76. The highest BCUT2D eigenvalue weighted by molar-refractivity contribution is 7.89. The molecule has 0 N–H and O–H groups in total. The maximum Gasteiger partial charge on any atom is 0.244 e. The van der Waals surface area contributed by atoms with Crippen LogP contribution in [0.1, 0.15) is 31.2 Å². The van der Waals surface area contributed by atoms with Crippen molar-refractivity contribution < 1.29 is 8.42 Å². The van der Waals surface area contributed by atoms with E-state index < -0.39 is 10.0 Å². The third-order valence-corrected chi connectivity index (χ3v) is 7.97. The normalized spacial score (nSPS) is 20.3. The predicted molar refractivity (Wildman–Crippen MR) is 113 cm³/mol. The summed E-state index contributed by atoms with van der Waals surface area (Å²) in [6, 6.07) is 3.55. The molecule has 158 valence electrons. The third-order valence-electron chi connectivity index (χ3n) is 6.09. The highest BCUT2D eigenvalue weighted by Gasteiger charge is 2.28. The summed E-state index contributed by atoms with van der Waals surface area (Å²) in [5, 5.41) is 4.39. The Kier molecular flexibility index (Phi) is 5.89. The molecular formula is C20H30N6O2S. The second-order valence-electron chi connectivity index (χ2n) is 7.95. The first kappa shape index (κ1) is 20.3. The molecule has 0 radical (unpaired) electrons. The van der Waals surface area contributed by atoms with Crippen LogP contribution in [0.15, 0.2) is 35.6 Å². The Morgan fingerprint density at radius 3 is 2.34 bits per heavy atom. The van der Waals surface area contributed by atoms with Gasteiger partial charge in [-0.25, -0.2) is 13.4 Å². The molecule has 0 saturated carbocycles. The van der Waals surface area contributed by atoms with Crippen molar-refractivity contribution in [3.8, 4) is 0 Å². The maximum atomic E-state index is 12.9. The maximum absolute atomic E-state index is 12.9. The van der Waals surface area contributed by atoms with Crippen molar-refractivity contribution >= 4 is 15.8 Å². The number of anilines is 1. The van der Waals surface area contributed by atoms with Gasteiger partial charge in [0.1, 0.15) is 10.7 Å². The van der Waals surface area contributed by atoms with Crippen LogP contribution in [-0.4, -0.2) is 78.7 Å². The van der Waals surface area contributed by atoms with Crippen LogP contribution in [0.5, 0.6) is 0 Å². The molecule has 4 heterocycles. The molecule has 2 aliphatic heterocycles. The number of nitrogens with zero attached hydrogens (tertiary/aromatic N) is 6. The minimum atomic E-state index is -3.46. The molecule has 0 bridgehead atoms. The van der Waals surface area contributed by atoms with Crippen LogP contribution < -0.4 is 4.90 Å². The highest BCUT2D eigenvalue weighted by atomic mass is 32.2. The molecule has 0 atom stereocenters. The first-order chi connectivity index (χ1) is 14.0. The van der Waals surface area contributed by atoms with E-state index in [1.807, 2.05) is 24.0 Å². The topological polar surface area (TPSA) is 74.6 Å². The molecule has 2 saturated heterocycles. The molecule has 2 fully saturated rings. The molecule has 8 nitrogen and oxygen atoms in total. The van der Waals surface area contributed by atoms with Crippen LogP contribution in [0.25, 0.3) is 0 Å². The zero-order valence-electron chi connectivity index (χ0n) is 17.2. The number of aryl methyl sites for hydroxylation is 1. The standard InChI is InChI=1S/C20H30N6O2S/c1-3-25-16-18(14-22-25)17-6-8-24(9-7-17)20-5-4-19(15-21-20)29(27,28)26-12-10-23(2)11-13-26/h4-5,14-17H,3,6-13H2,1-2H3. The summed E-state index contributed by atoms with van der Waals surface area (Å²) in [6.45, 7) is 7.41. The molecule has 0 amide bonds. The molecule has 0 aromatic carbocycles. The van der Waals surface area contributed by atoms with Gasteiger partial charge in [-0.05, 0) is 50.4 Å². The summed E-state index contributed by atoms with van der Waals surface area (Å²) >= 11 is 0. The van der Waals surface area contributed by atoms with E-state index in [0.29, 0.717) is 19.0 Å². The molecule has 9 heteroatoms. The Balaban J connectivity index is 1.38. The van der Waals surface area contributed by atoms with E-state index in [0.717, 1.165) is 51.4 Å². The molecule has 2 aromatic heterocycles. The van der Waals surface area contributed by atoms with Gasteiger partial charge < -0.3 is 9.80 Å². The quantitative estimate of drug-likeness (QED) is 0.735. The first-order valence-electron chi connectivity index (χ1n) is 10.4. The lowest BCUT2D eigenvalue weighted by Crippen LogP contribution is -2.47. The Labute approximate surface area is 173 Å². The van der Waals surface area contributed by atoms with Crippen LogP contribution >= 0.6 is 0 Å². The Morgan fingerprint density at radius 2 is 1.76 bits per heavy atom. The van der Waals surface area contributed by atoms with E-state index in [9.17, 15) is 8.42 Å². The van der Waals surface area contributed by atoms with Gasteiger partial charge in [-0.2, -0.15) is 9.40 Å². The molecule has 2 aliphatic rings. The van der Waals surface area contributed by atoms with Gasteiger partial charge in [0, 0.05) is 58.2 Å². The number of aromatic nitrogens is 3. The second kappa shape index (κ2) is 8.41. The van der Waals surface area contributed by atoms with E-state index in [2.05, 4.69) is 33.0 Å². The molecule has 29 heavy (non-hydrogen) atoms. The van der Waals surface area contributed by atoms with Gasteiger partial charge >= 0.3 is 0 Å². The van der Waals surface area contributed by atoms with Crippen molar-refractivity contribution in [2.24, 2.45) is 0 Å². The van der Waals surface area contributed by atoms with Crippen molar-refractivity contribution in [2.45, 2.75) is 37.1 Å². The molecule has 0 unspecified atom stereocenters. The number of rotatable bonds is 5. The zero-order valence-corrected chi connectivity index (χ0v) is 18.1. The summed E-state index contributed by atoms with van der Waals surface area (Å²) in [5.74, 6) is 1.38. The number of sulfonamides is 1. The summed E-state index contributed by atoms with van der Waals surface area (Å²) < 4.78 is 29.2. The highest BCUT2D eigenvalue weighted by Crippen LogP contribution is 2.30. The van der Waals surface area contributed by atoms with Crippen molar-refractivity contribution in [3.63, 3.8) is 0 Å². The summed E-state index contributed by atoms with van der Waals surface area (Å²) in [7, 11) is -1.45. The average molecular weight is 419 g/mol. The number of hydrogen-bond donors (Lipinski definition) is 0. The zero-order chi connectivity index (χ0) is 20.4. The molecule has 0 aliphatic carbocycles. The van der Waals surface area contributed by atoms with Crippen molar-refractivity contribution in [3.05, 3.63) is 36.3 Å². The van der Waals surface area contributed by atoms with E-state index in [4.69, 9.17) is 0 Å². The van der Waals surface area contributed by atoms with Crippen LogP contribution in [-0.2, 0) is 16.6 Å². The summed E-state index contributed by atoms with van der Waals surface area (Å²) in [5.41, 5.74) is 1.31. The Hall–Kier alpha value is -1.97. The van der Waals surface area contributed by atoms with Crippen LogP contribution in [0.3, 0.4) is 0 Å².